The molecule has 0 aromatic heterocycles. The van der Waals surface area contributed by atoms with Gasteiger partial charge in [-0.25, -0.2) is 12.8 Å². The van der Waals surface area contributed by atoms with Gasteiger partial charge in [-0.05, 0) is 31.6 Å². The summed E-state index contributed by atoms with van der Waals surface area (Å²) in [5.41, 5.74) is 0. The van der Waals surface area contributed by atoms with E-state index in [1.54, 1.807) is 6.07 Å². The summed E-state index contributed by atoms with van der Waals surface area (Å²) in [6, 6.07) is 5.79. The average Bonchev–Trinajstić information content (AvgIpc) is 2.91. The molecule has 2 rings (SSSR count). The Bertz CT molecular complexity index is 558. The van der Waals surface area contributed by atoms with Gasteiger partial charge >= 0.3 is 0 Å². The van der Waals surface area contributed by atoms with Crippen LogP contribution in [0.15, 0.2) is 29.2 Å². The molecule has 1 unspecified atom stereocenters. The van der Waals surface area contributed by atoms with Crippen molar-refractivity contribution in [1.82, 2.24) is 9.21 Å². The molecule has 20 heavy (non-hydrogen) atoms. The molecule has 0 amide bonds. The first kappa shape index (κ1) is 15.4. The van der Waals surface area contributed by atoms with E-state index in [9.17, 15) is 12.8 Å². The van der Waals surface area contributed by atoms with Crippen molar-refractivity contribution in [2.45, 2.75) is 31.2 Å². The van der Waals surface area contributed by atoms with Crippen LogP contribution in [-0.2, 0) is 10.0 Å². The first-order valence-corrected chi connectivity index (χ1v) is 8.43. The zero-order chi connectivity index (χ0) is 14.8. The smallest absolute Gasteiger partial charge is 0.246 e. The normalized spacial score (nSPS) is 20.7. The number of hydrogen-bond donors (Lipinski definition) is 0. The Morgan fingerprint density at radius 1 is 1.30 bits per heavy atom. The predicted octanol–water partition coefficient (Wildman–Crippen LogP) is 1.93. The maximum Gasteiger partial charge on any atom is 0.246 e. The second-order valence-corrected chi connectivity index (χ2v) is 6.86. The van der Waals surface area contributed by atoms with Crippen molar-refractivity contribution < 1.29 is 12.8 Å². The monoisotopic (exact) mass is 300 g/mol. The molecule has 1 atom stereocenters. The van der Waals surface area contributed by atoms with E-state index in [1.807, 2.05) is 0 Å². The lowest BCUT2D eigenvalue weighted by Gasteiger charge is -2.26. The molecule has 0 aliphatic carbocycles. The molecule has 0 bridgehead atoms. The van der Waals surface area contributed by atoms with Crippen LogP contribution in [0.4, 0.5) is 4.39 Å². The van der Waals surface area contributed by atoms with Crippen LogP contribution in [0.5, 0.6) is 0 Å². The Kier molecular flexibility index (Phi) is 4.78. The van der Waals surface area contributed by atoms with Gasteiger partial charge in [0, 0.05) is 19.1 Å². The molecule has 112 valence electrons. The number of benzene rings is 1. The molecule has 1 aliphatic heterocycles. The van der Waals surface area contributed by atoms with Crippen molar-refractivity contribution in [3.63, 3.8) is 0 Å². The van der Waals surface area contributed by atoms with Crippen LogP contribution >= 0.6 is 0 Å². The van der Waals surface area contributed by atoms with Crippen molar-refractivity contribution in [2.24, 2.45) is 0 Å². The summed E-state index contributed by atoms with van der Waals surface area (Å²) in [4.78, 5) is 2.02. The van der Waals surface area contributed by atoms with E-state index >= 15 is 0 Å². The van der Waals surface area contributed by atoms with E-state index in [0.29, 0.717) is 13.1 Å². The maximum absolute atomic E-state index is 13.7. The Labute approximate surface area is 120 Å². The molecule has 1 aromatic carbocycles. The number of nitrogens with zero attached hydrogens (tertiary/aromatic N) is 2. The minimum atomic E-state index is -3.72. The molecule has 1 aromatic rings. The molecular weight excluding hydrogens is 279 g/mol. The third kappa shape index (κ3) is 2.87. The van der Waals surface area contributed by atoms with Gasteiger partial charge in [0.1, 0.15) is 10.7 Å². The number of hydrogen-bond acceptors (Lipinski definition) is 3. The first-order valence-electron chi connectivity index (χ1n) is 6.99. The molecule has 1 heterocycles. The van der Waals surface area contributed by atoms with Crippen LogP contribution < -0.4 is 0 Å². The van der Waals surface area contributed by atoms with Crippen LogP contribution in [0.1, 0.15) is 20.3 Å². The van der Waals surface area contributed by atoms with Crippen LogP contribution in [0.3, 0.4) is 0 Å². The lowest BCUT2D eigenvalue weighted by atomic mass is 10.2. The topological polar surface area (TPSA) is 40.6 Å². The number of sulfonamides is 1. The molecule has 0 radical (unpaired) electrons. The number of rotatable bonds is 5. The maximum atomic E-state index is 13.7. The Hall–Kier alpha value is -0.980. The summed E-state index contributed by atoms with van der Waals surface area (Å²) >= 11 is 0. The second-order valence-electron chi connectivity index (χ2n) is 4.96. The van der Waals surface area contributed by atoms with E-state index in [0.717, 1.165) is 19.5 Å². The molecule has 1 aliphatic rings. The molecule has 0 N–H and O–H groups in total. The van der Waals surface area contributed by atoms with Gasteiger partial charge in [0.2, 0.25) is 10.0 Å². The minimum absolute atomic E-state index is 0.222. The van der Waals surface area contributed by atoms with E-state index in [2.05, 4.69) is 18.7 Å². The molecule has 0 spiro atoms. The van der Waals surface area contributed by atoms with Crippen LogP contribution in [0, 0.1) is 5.82 Å². The van der Waals surface area contributed by atoms with Gasteiger partial charge in [0.25, 0.3) is 0 Å². The number of halogens is 1. The zero-order valence-electron chi connectivity index (χ0n) is 11.9. The third-order valence-corrected chi connectivity index (χ3v) is 5.81. The predicted molar refractivity (Wildman–Crippen MR) is 76.5 cm³/mol. The highest BCUT2D eigenvalue weighted by molar-refractivity contribution is 7.89. The highest BCUT2D eigenvalue weighted by Crippen LogP contribution is 2.25. The summed E-state index contributed by atoms with van der Waals surface area (Å²) in [7, 11) is -3.72. The van der Waals surface area contributed by atoms with E-state index in [1.165, 1.54) is 22.5 Å². The molecule has 4 nitrogen and oxygen atoms in total. The van der Waals surface area contributed by atoms with Gasteiger partial charge in [-0.15, -0.1) is 0 Å². The van der Waals surface area contributed by atoms with Crippen molar-refractivity contribution in [3.8, 4) is 0 Å². The van der Waals surface area contributed by atoms with Crippen LogP contribution in [0.2, 0.25) is 0 Å². The molecule has 1 saturated heterocycles. The van der Waals surface area contributed by atoms with Gasteiger partial charge in [0.15, 0.2) is 0 Å². The summed E-state index contributed by atoms with van der Waals surface area (Å²) in [6.07, 6.45) is 0.801. The van der Waals surface area contributed by atoms with Gasteiger partial charge < -0.3 is 0 Å². The number of likely N-dealkylation sites (N-methyl/N-ethyl adjacent to an activating group) is 1. The van der Waals surface area contributed by atoms with Crippen molar-refractivity contribution in [3.05, 3.63) is 30.1 Å². The average molecular weight is 300 g/mol. The van der Waals surface area contributed by atoms with E-state index in [-0.39, 0.29) is 10.9 Å². The van der Waals surface area contributed by atoms with Crippen LogP contribution in [-0.4, -0.2) is 49.8 Å². The van der Waals surface area contributed by atoms with Gasteiger partial charge in [-0.2, -0.15) is 4.31 Å². The second kappa shape index (κ2) is 6.20. The van der Waals surface area contributed by atoms with Crippen molar-refractivity contribution in [2.75, 3.05) is 26.2 Å². The fraction of sp³-hybridized carbons (Fsp3) is 0.571. The highest BCUT2D eigenvalue weighted by atomic mass is 32.2. The van der Waals surface area contributed by atoms with Crippen LogP contribution in [0.25, 0.3) is 0 Å². The molecule has 1 fully saturated rings. The van der Waals surface area contributed by atoms with Gasteiger partial charge in [-0.3, -0.25) is 4.90 Å². The fourth-order valence-electron chi connectivity index (χ4n) is 2.76. The molecular formula is C14H21FN2O2S. The Morgan fingerprint density at radius 2 is 1.95 bits per heavy atom. The zero-order valence-corrected chi connectivity index (χ0v) is 12.7. The van der Waals surface area contributed by atoms with Gasteiger partial charge in [-0.1, -0.05) is 26.0 Å². The summed E-state index contributed by atoms with van der Waals surface area (Å²) < 4.78 is 40.0. The van der Waals surface area contributed by atoms with Crippen molar-refractivity contribution in [1.29, 1.82) is 0 Å². The Morgan fingerprint density at radius 3 is 2.55 bits per heavy atom. The van der Waals surface area contributed by atoms with E-state index in [4.69, 9.17) is 0 Å². The molecule has 0 saturated carbocycles. The lowest BCUT2D eigenvalue weighted by molar-refractivity contribution is 0.224. The highest BCUT2D eigenvalue weighted by Gasteiger charge is 2.35. The summed E-state index contributed by atoms with van der Waals surface area (Å²) in [5, 5.41) is 0. The molecule has 6 heteroatoms. The largest absolute Gasteiger partial charge is 0.300 e. The third-order valence-electron chi connectivity index (χ3n) is 3.91. The SMILES string of the molecule is CCN(CC)C1CCN(S(=O)(=O)c2ccccc2F)C1. The Balaban J connectivity index is 2.19. The lowest BCUT2D eigenvalue weighted by Crippen LogP contribution is -2.38. The quantitative estimate of drug-likeness (QED) is 0.834. The summed E-state index contributed by atoms with van der Waals surface area (Å²) in [6.45, 7) is 6.83. The summed E-state index contributed by atoms with van der Waals surface area (Å²) in [5.74, 6) is -0.682. The minimum Gasteiger partial charge on any atom is -0.300 e. The standard InChI is InChI=1S/C14H21FN2O2S/c1-3-16(4-2)12-9-10-17(11-12)20(18,19)14-8-6-5-7-13(14)15/h5-8,12H,3-4,9-11H2,1-2H3. The van der Waals surface area contributed by atoms with Gasteiger partial charge in [0.05, 0.1) is 0 Å². The van der Waals surface area contributed by atoms with E-state index < -0.39 is 15.8 Å². The first-order chi connectivity index (χ1) is 9.50. The fourth-order valence-corrected chi connectivity index (χ4v) is 4.32. The van der Waals surface area contributed by atoms with Crippen molar-refractivity contribution >= 4 is 10.0 Å².